The molecule has 0 radical (unpaired) electrons. The third kappa shape index (κ3) is 7.12. The van der Waals surface area contributed by atoms with Crippen LogP contribution in [0, 0.1) is 35.2 Å². The average Bonchev–Trinajstić information content (AvgIpc) is 3.49. The number of fused-ring (bicyclic) bond motifs is 3. The largest absolute Gasteiger partial charge is 0.126 e. The molecule has 0 aromatic heterocycles. The van der Waals surface area contributed by atoms with Crippen molar-refractivity contribution < 1.29 is 49.0 Å². The minimum absolute atomic E-state index is 0. The molecule has 0 heterocycles. The van der Waals surface area contributed by atoms with Crippen LogP contribution < -0.4 is 24.8 Å². The first-order chi connectivity index (χ1) is 19.0. The molecule has 4 aromatic carbocycles. The molecule has 1 atom stereocenters. The van der Waals surface area contributed by atoms with Gasteiger partial charge in [-0.2, -0.15) is 6.08 Å². The van der Waals surface area contributed by atoms with E-state index < -0.39 is 0 Å². The van der Waals surface area contributed by atoms with Gasteiger partial charge in [-0.25, -0.2) is 11.1 Å². The van der Waals surface area contributed by atoms with Gasteiger partial charge in [-0.15, -0.1) is 46.7 Å². The van der Waals surface area contributed by atoms with Gasteiger partial charge in [0.25, 0.3) is 0 Å². The Kier molecular flexibility index (Phi) is 11.2. The average molecular weight is 659 g/mol. The smallest absolute Gasteiger partial charge is 0.0771 e. The molecule has 4 fully saturated rings. The van der Waals surface area contributed by atoms with E-state index in [0.29, 0.717) is 11.3 Å². The standard InChI is InChI=1S/C17H23.C13H9.C8H8.2ClH.Zr/c1-11-3-12(2)16(4-11)17-8-13-5-14(9-17)7-15(6-13)10-17;1-3-7-12-10(5-1)9-11-6-2-4-8-13(11)12;1-2-8-6-4-3-5-7-8;;;/h3,11,13-15H,5-10H2,1-2H3;1-9H;1,3-7H,2H2;2*1H;/q2*-1;;;;+2/p-2. The second-order valence-corrected chi connectivity index (χ2v) is 13.6. The van der Waals surface area contributed by atoms with Crippen molar-refractivity contribution >= 4 is 25.3 Å². The number of halogens is 2. The first kappa shape index (κ1) is 32.3. The van der Waals surface area contributed by atoms with Crippen LogP contribution in [0.2, 0.25) is 0 Å². The molecule has 0 amide bonds. The van der Waals surface area contributed by atoms with Crippen molar-refractivity contribution in [3.8, 4) is 0 Å². The molecule has 4 saturated carbocycles. The van der Waals surface area contributed by atoms with E-state index in [-0.39, 0.29) is 24.8 Å². The molecule has 5 aliphatic rings. The Hall–Kier alpha value is -1.66. The fraction of sp³-hybridized carbons (Fsp3) is 0.368. The van der Waals surface area contributed by atoms with E-state index >= 15 is 0 Å². The van der Waals surface area contributed by atoms with Crippen LogP contribution in [0.3, 0.4) is 0 Å². The molecular formula is C38H40Cl2Zr-2. The zero-order valence-corrected chi connectivity index (χ0v) is 28.2. The van der Waals surface area contributed by atoms with E-state index in [2.05, 4.69) is 109 Å². The molecule has 0 aliphatic heterocycles. The van der Waals surface area contributed by atoms with E-state index in [1.807, 2.05) is 6.07 Å². The third-order valence-corrected chi connectivity index (χ3v) is 10.0. The molecular weight excluding hydrogens is 619 g/mol. The van der Waals surface area contributed by atoms with Crippen LogP contribution in [0.4, 0.5) is 0 Å². The second-order valence-electron chi connectivity index (χ2n) is 12.6. The molecule has 0 spiro atoms. The van der Waals surface area contributed by atoms with Crippen molar-refractivity contribution in [3.05, 3.63) is 114 Å². The Bertz CT molecular complexity index is 1420. The van der Waals surface area contributed by atoms with Gasteiger partial charge in [0.15, 0.2) is 0 Å². The van der Waals surface area contributed by atoms with Gasteiger partial charge >= 0.3 is 70.3 Å². The Morgan fingerprint density at radius 1 is 0.780 bits per heavy atom. The number of hydrogen-bond donors (Lipinski definition) is 0. The van der Waals surface area contributed by atoms with Crippen molar-refractivity contribution in [2.45, 2.75) is 58.8 Å². The maximum absolute atomic E-state index is 3.78. The predicted molar refractivity (Wildman–Crippen MR) is 164 cm³/mol. The van der Waals surface area contributed by atoms with Gasteiger partial charge in [-0.3, -0.25) is 6.08 Å². The van der Waals surface area contributed by atoms with Crippen molar-refractivity contribution in [1.82, 2.24) is 0 Å². The molecule has 9 rings (SSSR count). The summed E-state index contributed by atoms with van der Waals surface area (Å²) in [4.78, 5) is 0. The van der Waals surface area contributed by atoms with E-state index in [0.717, 1.165) is 24.2 Å². The number of hydrogen-bond acceptors (Lipinski definition) is 0. The van der Waals surface area contributed by atoms with Gasteiger partial charge in [0.05, 0.1) is 0 Å². The van der Waals surface area contributed by atoms with Crippen LogP contribution in [-0.4, -0.2) is 3.71 Å². The summed E-state index contributed by atoms with van der Waals surface area (Å²) in [6.45, 7) is 4.61. The number of allylic oxidation sites excluding steroid dienone is 4. The maximum Gasteiger partial charge on any atom is -0.0771 e. The molecule has 4 aromatic rings. The number of rotatable bonds is 3. The molecule has 41 heavy (non-hydrogen) atoms. The summed E-state index contributed by atoms with van der Waals surface area (Å²) in [6.07, 6.45) is 16.4. The minimum atomic E-state index is 0. The summed E-state index contributed by atoms with van der Waals surface area (Å²) in [5.41, 5.74) is 5.18. The first-order valence-corrected chi connectivity index (χ1v) is 16.3. The summed E-state index contributed by atoms with van der Waals surface area (Å²) in [5, 5.41) is 5.39. The van der Waals surface area contributed by atoms with Gasteiger partial charge in [-0.1, -0.05) is 49.2 Å². The third-order valence-electron chi connectivity index (χ3n) is 9.54. The fourth-order valence-corrected chi connectivity index (χ4v) is 9.04. The Morgan fingerprint density at radius 3 is 1.73 bits per heavy atom. The van der Waals surface area contributed by atoms with Crippen molar-refractivity contribution in [3.63, 3.8) is 0 Å². The Morgan fingerprint density at radius 2 is 1.27 bits per heavy atom. The molecule has 5 aliphatic carbocycles. The maximum atomic E-state index is 3.78. The summed E-state index contributed by atoms with van der Waals surface area (Å²) >= 11 is 1.51. The molecule has 4 bridgehead atoms. The Labute approximate surface area is 274 Å². The summed E-state index contributed by atoms with van der Waals surface area (Å²) in [7, 11) is 0. The van der Waals surface area contributed by atoms with E-state index in [1.165, 1.54) is 70.6 Å². The fourth-order valence-electron chi connectivity index (χ4n) is 8.47. The normalized spacial score (nSPS) is 26.9. The Balaban J connectivity index is 0.000000145. The summed E-state index contributed by atoms with van der Waals surface area (Å²) in [5.74, 6) is 3.73. The van der Waals surface area contributed by atoms with Crippen LogP contribution in [0.5, 0.6) is 0 Å². The van der Waals surface area contributed by atoms with E-state index in [9.17, 15) is 0 Å². The molecule has 0 nitrogen and oxygen atoms in total. The van der Waals surface area contributed by atoms with Gasteiger partial charge in [0, 0.05) is 0 Å². The minimum Gasteiger partial charge on any atom is -0.126 e. The van der Waals surface area contributed by atoms with Gasteiger partial charge in [0.1, 0.15) is 0 Å². The monoisotopic (exact) mass is 656 g/mol. The first-order valence-electron chi connectivity index (χ1n) is 14.9. The SMILES string of the molecule is CC1=CC(C)[C-]=C1C12CC3CC(CC(C3)C1)C2.[Cl-].[Cl-].[Zr+2]=[CH]Cc1ccccc1.c1ccc2c(c1)[cH-]c1ccccc12. The molecule has 212 valence electrons. The number of benzene rings is 3. The van der Waals surface area contributed by atoms with Crippen molar-refractivity contribution in [1.29, 1.82) is 0 Å². The van der Waals surface area contributed by atoms with Crippen molar-refractivity contribution in [2.24, 2.45) is 29.1 Å². The summed E-state index contributed by atoms with van der Waals surface area (Å²) < 4.78 is 2.25. The van der Waals surface area contributed by atoms with Crippen LogP contribution in [0.15, 0.2) is 102 Å². The molecule has 0 saturated heterocycles. The topological polar surface area (TPSA) is 0 Å². The zero-order valence-electron chi connectivity index (χ0n) is 24.3. The van der Waals surface area contributed by atoms with Gasteiger partial charge in [-0.05, 0) is 61.7 Å². The van der Waals surface area contributed by atoms with E-state index in [4.69, 9.17) is 0 Å². The quantitative estimate of drug-likeness (QED) is 0.294. The van der Waals surface area contributed by atoms with Crippen LogP contribution in [0.1, 0.15) is 57.9 Å². The molecule has 0 N–H and O–H groups in total. The summed E-state index contributed by atoms with van der Waals surface area (Å²) in [6, 6.07) is 29.8. The predicted octanol–water partition coefficient (Wildman–Crippen LogP) is 3.83. The second kappa shape index (κ2) is 14.2. The van der Waals surface area contributed by atoms with Crippen LogP contribution >= 0.6 is 0 Å². The van der Waals surface area contributed by atoms with Gasteiger partial charge in [0.2, 0.25) is 0 Å². The van der Waals surface area contributed by atoms with Crippen LogP contribution in [-0.2, 0) is 30.7 Å². The molecule has 1 unspecified atom stereocenters. The van der Waals surface area contributed by atoms with E-state index in [1.54, 1.807) is 30.4 Å². The van der Waals surface area contributed by atoms with Crippen molar-refractivity contribution in [2.75, 3.05) is 0 Å². The molecule has 3 heteroatoms. The zero-order chi connectivity index (χ0) is 26.8. The van der Waals surface area contributed by atoms with Crippen LogP contribution in [0.25, 0.3) is 21.5 Å². The van der Waals surface area contributed by atoms with Gasteiger partial charge < -0.3 is 24.8 Å².